The van der Waals surface area contributed by atoms with Crippen LogP contribution in [0.15, 0.2) is 41.6 Å². The van der Waals surface area contributed by atoms with E-state index in [1.165, 1.54) is 0 Å². The lowest BCUT2D eigenvalue weighted by Crippen LogP contribution is -2.39. The highest BCUT2D eigenvalue weighted by Gasteiger charge is 2.30. The van der Waals surface area contributed by atoms with E-state index in [1.807, 2.05) is 23.0 Å². The van der Waals surface area contributed by atoms with Crippen molar-refractivity contribution in [1.82, 2.24) is 19.3 Å². The molecule has 1 aromatic carbocycles. The third-order valence-corrected chi connectivity index (χ3v) is 6.34. The Morgan fingerprint density at radius 2 is 1.78 bits per heavy atom. The molecule has 1 aliphatic rings. The van der Waals surface area contributed by atoms with Crippen LogP contribution in [0, 0.1) is 0 Å². The second kappa shape index (κ2) is 6.41. The monoisotopic (exact) mass is 334 g/mol. The number of aromatic nitrogens is 3. The molecule has 3 rings (SSSR count). The summed E-state index contributed by atoms with van der Waals surface area (Å²) in [6, 6.07) is 7.47. The molecule has 23 heavy (non-hydrogen) atoms. The van der Waals surface area contributed by atoms with E-state index in [4.69, 9.17) is 0 Å². The van der Waals surface area contributed by atoms with Crippen molar-refractivity contribution in [3.63, 3.8) is 0 Å². The number of sulfonamides is 1. The standard InChI is InChI=1S/C16H22N4O2S/c1-13(2)14-3-5-16(6-4-14)23(21,22)19-10-7-15(8-11-19)20-12-9-17-18-20/h3-6,9,12-13,15H,7-8,10-11H2,1-2H3. The second-order valence-electron chi connectivity index (χ2n) is 6.24. The molecule has 0 aliphatic carbocycles. The summed E-state index contributed by atoms with van der Waals surface area (Å²) in [5.74, 6) is 0.394. The topological polar surface area (TPSA) is 68.1 Å². The maximum Gasteiger partial charge on any atom is 0.243 e. The van der Waals surface area contributed by atoms with E-state index in [2.05, 4.69) is 24.2 Å². The van der Waals surface area contributed by atoms with Gasteiger partial charge >= 0.3 is 0 Å². The number of piperidine rings is 1. The van der Waals surface area contributed by atoms with Gasteiger partial charge in [0.1, 0.15) is 0 Å². The first-order valence-corrected chi connectivity index (χ1v) is 9.38. The highest BCUT2D eigenvalue weighted by Crippen LogP contribution is 2.27. The van der Waals surface area contributed by atoms with Crippen LogP contribution in [0.4, 0.5) is 0 Å². The minimum absolute atomic E-state index is 0.229. The molecule has 0 bridgehead atoms. The van der Waals surface area contributed by atoms with E-state index < -0.39 is 10.0 Å². The van der Waals surface area contributed by atoms with E-state index in [9.17, 15) is 8.42 Å². The lowest BCUT2D eigenvalue weighted by Gasteiger charge is -2.31. The molecule has 1 aromatic heterocycles. The van der Waals surface area contributed by atoms with Crippen LogP contribution in [0.1, 0.15) is 44.2 Å². The van der Waals surface area contributed by atoms with Gasteiger partial charge in [-0.2, -0.15) is 4.31 Å². The third-order valence-electron chi connectivity index (χ3n) is 4.42. The predicted molar refractivity (Wildman–Crippen MR) is 87.6 cm³/mol. The molecule has 0 unspecified atom stereocenters. The average molecular weight is 334 g/mol. The number of hydrogen-bond acceptors (Lipinski definition) is 4. The summed E-state index contributed by atoms with van der Waals surface area (Å²) in [4.78, 5) is 0.376. The van der Waals surface area contributed by atoms with Crippen LogP contribution in [0.25, 0.3) is 0 Å². The highest BCUT2D eigenvalue weighted by atomic mass is 32.2. The summed E-state index contributed by atoms with van der Waals surface area (Å²) in [6.45, 7) is 5.22. The zero-order chi connectivity index (χ0) is 16.4. The van der Waals surface area contributed by atoms with Gasteiger partial charge in [0.2, 0.25) is 10.0 Å². The Morgan fingerprint density at radius 1 is 1.13 bits per heavy atom. The van der Waals surface area contributed by atoms with Crippen molar-refractivity contribution in [3.05, 3.63) is 42.2 Å². The first-order valence-electron chi connectivity index (χ1n) is 7.94. The van der Waals surface area contributed by atoms with Gasteiger partial charge in [0.15, 0.2) is 0 Å². The minimum Gasteiger partial charge on any atom is -0.249 e. The van der Waals surface area contributed by atoms with Gasteiger partial charge in [0.05, 0.1) is 17.1 Å². The summed E-state index contributed by atoms with van der Waals surface area (Å²) in [7, 11) is -3.41. The molecule has 2 aromatic rings. The fourth-order valence-electron chi connectivity index (χ4n) is 2.93. The molecule has 0 N–H and O–H groups in total. The van der Waals surface area contributed by atoms with Gasteiger partial charge in [-0.1, -0.05) is 31.2 Å². The van der Waals surface area contributed by atoms with Gasteiger partial charge in [0.25, 0.3) is 0 Å². The SMILES string of the molecule is CC(C)c1ccc(S(=O)(=O)N2CCC(n3ccnn3)CC2)cc1. The molecule has 0 amide bonds. The molecule has 0 atom stereocenters. The maximum atomic E-state index is 12.8. The van der Waals surface area contributed by atoms with Crippen LogP contribution in [0.2, 0.25) is 0 Å². The summed E-state index contributed by atoms with van der Waals surface area (Å²) in [6.07, 6.45) is 5.00. The number of hydrogen-bond donors (Lipinski definition) is 0. The molecule has 0 saturated carbocycles. The second-order valence-corrected chi connectivity index (χ2v) is 8.18. The molecule has 1 aliphatic heterocycles. The molecule has 1 saturated heterocycles. The molecule has 6 nitrogen and oxygen atoms in total. The Kier molecular flexibility index (Phi) is 4.50. The van der Waals surface area contributed by atoms with Crippen molar-refractivity contribution in [1.29, 1.82) is 0 Å². The van der Waals surface area contributed by atoms with Gasteiger partial charge in [-0.3, -0.25) is 0 Å². The summed E-state index contributed by atoms with van der Waals surface area (Å²) in [5, 5.41) is 7.83. The summed E-state index contributed by atoms with van der Waals surface area (Å²) < 4.78 is 28.9. The van der Waals surface area contributed by atoms with Gasteiger partial charge in [-0.25, -0.2) is 13.1 Å². The van der Waals surface area contributed by atoms with Crippen molar-refractivity contribution in [2.75, 3.05) is 13.1 Å². The van der Waals surface area contributed by atoms with Crippen molar-refractivity contribution >= 4 is 10.0 Å². The van der Waals surface area contributed by atoms with Crippen molar-refractivity contribution in [3.8, 4) is 0 Å². The molecule has 124 valence electrons. The molecule has 2 heterocycles. The Bertz CT molecular complexity index is 731. The number of rotatable bonds is 4. The smallest absolute Gasteiger partial charge is 0.243 e. The zero-order valence-corrected chi connectivity index (χ0v) is 14.3. The largest absolute Gasteiger partial charge is 0.249 e. The summed E-state index contributed by atoms with van der Waals surface area (Å²) >= 11 is 0. The molecular weight excluding hydrogens is 312 g/mol. The quantitative estimate of drug-likeness (QED) is 0.861. The Balaban J connectivity index is 1.71. The highest BCUT2D eigenvalue weighted by molar-refractivity contribution is 7.89. The fraction of sp³-hybridized carbons (Fsp3) is 0.500. The van der Waals surface area contributed by atoms with E-state index in [1.54, 1.807) is 22.6 Å². The van der Waals surface area contributed by atoms with Crippen molar-refractivity contribution in [2.45, 2.75) is 43.5 Å². The lowest BCUT2D eigenvalue weighted by atomic mass is 10.0. The minimum atomic E-state index is -3.41. The Labute approximate surface area is 137 Å². The number of nitrogens with zero attached hydrogens (tertiary/aromatic N) is 4. The molecule has 0 spiro atoms. The van der Waals surface area contributed by atoms with Crippen LogP contribution in [0.3, 0.4) is 0 Å². The lowest BCUT2D eigenvalue weighted by molar-refractivity contribution is 0.258. The van der Waals surface area contributed by atoms with Crippen LogP contribution in [0.5, 0.6) is 0 Å². The first-order chi connectivity index (χ1) is 11.0. The van der Waals surface area contributed by atoms with E-state index in [-0.39, 0.29) is 6.04 Å². The maximum absolute atomic E-state index is 12.8. The van der Waals surface area contributed by atoms with Crippen LogP contribution in [-0.2, 0) is 10.0 Å². The average Bonchev–Trinajstić information content (AvgIpc) is 3.09. The molecular formula is C16H22N4O2S. The third kappa shape index (κ3) is 3.30. The van der Waals surface area contributed by atoms with E-state index in [0.29, 0.717) is 23.9 Å². The van der Waals surface area contributed by atoms with E-state index >= 15 is 0 Å². The predicted octanol–water partition coefficient (Wildman–Crippen LogP) is 2.43. The van der Waals surface area contributed by atoms with Crippen LogP contribution in [-0.4, -0.2) is 40.8 Å². The van der Waals surface area contributed by atoms with Gasteiger partial charge < -0.3 is 0 Å². The normalized spacial score (nSPS) is 17.7. The van der Waals surface area contributed by atoms with Crippen LogP contribution < -0.4 is 0 Å². The molecule has 7 heteroatoms. The van der Waals surface area contributed by atoms with E-state index in [0.717, 1.165) is 18.4 Å². The Morgan fingerprint density at radius 3 is 2.30 bits per heavy atom. The Hall–Kier alpha value is -1.73. The van der Waals surface area contributed by atoms with Crippen molar-refractivity contribution < 1.29 is 8.42 Å². The van der Waals surface area contributed by atoms with Gasteiger partial charge in [-0.15, -0.1) is 5.10 Å². The van der Waals surface area contributed by atoms with Crippen molar-refractivity contribution in [2.24, 2.45) is 0 Å². The molecule has 1 fully saturated rings. The summed E-state index contributed by atoms with van der Waals surface area (Å²) in [5.41, 5.74) is 1.15. The molecule has 0 radical (unpaired) electrons. The first kappa shape index (κ1) is 16.1. The number of benzene rings is 1. The van der Waals surface area contributed by atoms with Gasteiger partial charge in [-0.05, 0) is 36.5 Å². The fourth-order valence-corrected chi connectivity index (χ4v) is 4.40. The van der Waals surface area contributed by atoms with Gasteiger partial charge in [0, 0.05) is 19.3 Å². The van der Waals surface area contributed by atoms with Crippen LogP contribution >= 0.6 is 0 Å². The zero-order valence-electron chi connectivity index (χ0n) is 13.5.